The van der Waals surface area contributed by atoms with Gasteiger partial charge in [0.1, 0.15) is 23.9 Å². The van der Waals surface area contributed by atoms with Crippen molar-refractivity contribution in [1.29, 1.82) is 0 Å². The molecule has 1 atom stereocenters. The topological polar surface area (TPSA) is 44.5 Å². The van der Waals surface area contributed by atoms with Crippen LogP contribution in [0.3, 0.4) is 0 Å². The van der Waals surface area contributed by atoms with Crippen molar-refractivity contribution in [3.05, 3.63) is 23.5 Å². The van der Waals surface area contributed by atoms with Gasteiger partial charge in [0.25, 0.3) is 0 Å². The van der Waals surface area contributed by atoms with Gasteiger partial charge in [0, 0.05) is 12.1 Å². The molecule has 0 saturated heterocycles. The summed E-state index contributed by atoms with van der Waals surface area (Å²) >= 11 is 0. The third-order valence-electron chi connectivity index (χ3n) is 2.08. The Labute approximate surface area is 75.3 Å². The van der Waals surface area contributed by atoms with Crippen LogP contribution in [0.2, 0.25) is 0 Å². The molecular formula is C9H10FNO2. The number of halogens is 1. The van der Waals surface area contributed by atoms with Crippen LogP contribution < -0.4 is 15.2 Å². The summed E-state index contributed by atoms with van der Waals surface area (Å²) in [7, 11) is 1.49. The van der Waals surface area contributed by atoms with E-state index in [9.17, 15) is 4.39 Å². The second-order valence-electron chi connectivity index (χ2n) is 2.94. The van der Waals surface area contributed by atoms with E-state index in [1.807, 2.05) is 0 Å². The van der Waals surface area contributed by atoms with Gasteiger partial charge >= 0.3 is 0 Å². The monoisotopic (exact) mass is 183 g/mol. The zero-order chi connectivity index (χ0) is 9.42. The highest BCUT2D eigenvalue weighted by atomic mass is 19.1. The van der Waals surface area contributed by atoms with Crippen molar-refractivity contribution >= 4 is 0 Å². The van der Waals surface area contributed by atoms with Crippen LogP contribution >= 0.6 is 0 Å². The number of fused-ring (bicyclic) bond motifs is 1. The fourth-order valence-corrected chi connectivity index (χ4v) is 1.49. The van der Waals surface area contributed by atoms with Crippen LogP contribution in [-0.4, -0.2) is 13.7 Å². The van der Waals surface area contributed by atoms with Crippen LogP contribution in [0.1, 0.15) is 11.6 Å². The number of ether oxygens (including phenoxy) is 2. The van der Waals surface area contributed by atoms with E-state index in [2.05, 4.69) is 0 Å². The van der Waals surface area contributed by atoms with E-state index in [-0.39, 0.29) is 11.9 Å². The lowest BCUT2D eigenvalue weighted by atomic mass is 10.1. The first-order valence-corrected chi connectivity index (χ1v) is 3.98. The lowest BCUT2D eigenvalue weighted by molar-refractivity contribution is 0.332. The summed E-state index contributed by atoms with van der Waals surface area (Å²) < 4.78 is 23.1. The number of rotatable bonds is 1. The molecule has 1 aromatic rings. The summed E-state index contributed by atoms with van der Waals surface area (Å²) in [5.74, 6) is 0.578. The number of hydrogen-bond donors (Lipinski definition) is 1. The largest absolute Gasteiger partial charge is 0.496 e. The molecule has 2 N–H and O–H groups in total. The van der Waals surface area contributed by atoms with Gasteiger partial charge in [-0.1, -0.05) is 0 Å². The van der Waals surface area contributed by atoms with Crippen molar-refractivity contribution in [3.8, 4) is 11.5 Å². The molecule has 0 unspecified atom stereocenters. The summed E-state index contributed by atoms with van der Waals surface area (Å²) in [5, 5.41) is 0. The van der Waals surface area contributed by atoms with E-state index in [0.29, 0.717) is 18.1 Å². The highest BCUT2D eigenvalue weighted by Gasteiger charge is 2.25. The Morgan fingerprint density at radius 1 is 1.62 bits per heavy atom. The summed E-state index contributed by atoms with van der Waals surface area (Å²) in [6.45, 7) is 0.384. The van der Waals surface area contributed by atoms with Crippen LogP contribution in [0.4, 0.5) is 4.39 Å². The third kappa shape index (κ3) is 1.23. The molecule has 4 heteroatoms. The predicted octanol–water partition coefficient (Wildman–Crippen LogP) is 1.23. The number of methoxy groups -OCH3 is 1. The summed E-state index contributed by atoms with van der Waals surface area (Å²) in [6.07, 6.45) is 0. The predicted molar refractivity (Wildman–Crippen MR) is 45.4 cm³/mol. The van der Waals surface area contributed by atoms with Crippen LogP contribution in [0.15, 0.2) is 12.1 Å². The highest BCUT2D eigenvalue weighted by molar-refractivity contribution is 5.49. The molecule has 1 aliphatic rings. The second-order valence-corrected chi connectivity index (χ2v) is 2.94. The fraction of sp³-hybridized carbons (Fsp3) is 0.333. The van der Waals surface area contributed by atoms with Gasteiger partial charge in [-0.15, -0.1) is 0 Å². The van der Waals surface area contributed by atoms with Gasteiger partial charge < -0.3 is 15.2 Å². The van der Waals surface area contributed by atoms with E-state index >= 15 is 0 Å². The first kappa shape index (κ1) is 8.31. The molecule has 0 aromatic heterocycles. The maximum atomic E-state index is 12.9. The smallest absolute Gasteiger partial charge is 0.130 e. The standard InChI is InChI=1S/C9H10FNO2/c1-12-7-2-5(10)3-8-9(7)6(11)4-13-8/h2-3,6H,4,11H2,1H3/t6-/m1/s1. The van der Waals surface area contributed by atoms with Crippen LogP contribution in [0.5, 0.6) is 11.5 Å². The molecule has 0 aliphatic carbocycles. The quantitative estimate of drug-likeness (QED) is 0.712. The molecule has 0 saturated carbocycles. The molecular weight excluding hydrogens is 173 g/mol. The molecule has 0 bridgehead atoms. The first-order chi connectivity index (χ1) is 6.22. The molecule has 0 amide bonds. The molecule has 70 valence electrons. The molecule has 1 aliphatic heterocycles. The number of hydrogen-bond acceptors (Lipinski definition) is 3. The van der Waals surface area contributed by atoms with Crippen molar-refractivity contribution in [3.63, 3.8) is 0 Å². The summed E-state index contributed by atoms with van der Waals surface area (Å²) in [4.78, 5) is 0. The van der Waals surface area contributed by atoms with E-state index in [0.717, 1.165) is 5.56 Å². The van der Waals surface area contributed by atoms with Crippen LogP contribution in [0, 0.1) is 5.82 Å². The Bertz CT molecular complexity index is 341. The van der Waals surface area contributed by atoms with E-state index in [1.54, 1.807) is 0 Å². The average molecular weight is 183 g/mol. The third-order valence-corrected chi connectivity index (χ3v) is 2.08. The van der Waals surface area contributed by atoms with Crippen LogP contribution in [-0.2, 0) is 0 Å². The van der Waals surface area contributed by atoms with Crippen molar-refractivity contribution < 1.29 is 13.9 Å². The van der Waals surface area contributed by atoms with Crippen molar-refractivity contribution in [2.75, 3.05) is 13.7 Å². The molecule has 0 fully saturated rings. The Morgan fingerprint density at radius 3 is 3.08 bits per heavy atom. The van der Waals surface area contributed by atoms with E-state index in [1.165, 1.54) is 19.2 Å². The maximum Gasteiger partial charge on any atom is 0.130 e. The maximum absolute atomic E-state index is 12.9. The summed E-state index contributed by atoms with van der Waals surface area (Å²) in [5.41, 5.74) is 6.50. The zero-order valence-electron chi connectivity index (χ0n) is 7.21. The minimum absolute atomic E-state index is 0.217. The van der Waals surface area contributed by atoms with Gasteiger partial charge in [0.05, 0.1) is 18.7 Å². The van der Waals surface area contributed by atoms with Crippen LogP contribution in [0.25, 0.3) is 0 Å². The molecule has 1 heterocycles. The molecule has 0 spiro atoms. The van der Waals surface area contributed by atoms with Gasteiger partial charge in [-0.3, -0.25) is 0 Å². The lowest BCUT2D eigenvalue weighted by Gasteiger charge is -2.07. The minimum atomic E-state index is -0.371. The van der Waals surface area contributed by atoms with Gasteiger partial charge in [-0.05, 0) is 0 Å². The average Bonchev–Trinajstić information content (AvgIpc) is 2.46. The van der Waals surface area contributed by atoms with Crippen molar-refractivity contribution in [1.82, 2.24) is 0 Å². The first-order valence-electron chi connectivity index (χ1n) is 3.98. The van der Waals surface area contributed by atoms with Crippen molar-refractivity contribution in [2.24, 2.45) is 5.73 Å². The molecule has 13 heavy (non-hydrogen) atoms. The van der Waals surface area contributed by atoms with Gasteiger partial charge in [-0.25, -0.2) is 4.39 Å². The SMILES string of the molecule is COc1cc(F)cc2c1[C@H](N)CO2. The molecule has 3 nitrogen and oxygen atoms in total. The van der Waals surface area contributed by atoms with Gasteiger partial charge in [0.15, 0.2) is 0 Å². The minimum Gasteiger partial charge on any atom is -0.496 e. The van der Waals surface area contributed by atoms with E-state index in [4.69, 9.17) is 15.2 Å². The number of benzene rings is 1. The normalized spacial score (nSPS) is 19.5. The molecule has 1 aromatic carbocycles. The van der Waals surface area contributed by atoms with Crippen molar-refractivity contribution in [2.45, 2.75) is 6.04 Å². The summed E-state index contributed by atoms with van der Waals surface area (Å²) in [6, 6.07) is 2.42. The Balaban J connectivity index is 2.57. The zero-order valence-corrected chi connectivity index (χ0v) is 7.21. The molecule has 2 rings (SSSR count). The van der Waals surface area contributed by atoms with E-state index < -0.39 is 0 Å². The Hall–Kier alpha value is -1.29. The van der Waals surface area contributed by atoms with Gasteiger partial charge in [0.2, 0.25) is 0 Å². The second kappa shape index (κ2) is 2.88. The Kier molecular flexibility index (Phi) is 1.84. The fourth-order valence-electron chi connectivity index (χ4n) is 1.49. The lowest BCUT2D eigenvalue weighted by Crippen LogP contribution is -2.11. The molecule has 0 radical (unpaired) electrons. The van der Waals surface area contributed by atoms with Gasteiger partial charge in [-0.2, -0.15) is 0 Å². The highest BCUT2D eigenvalue weighted by Crippen LogP contribution is 2.38. The number of nitrogens with two attached hydrogens (primary N) is 1. The Morgan fingerprint density at radius 2 is 2.38 bits per heavy atom.